The van der Waals surface area contributed by atoms with Gasteiger partial charge in [-0.05, 0) is 55.0 Å². The lowest BCUT2D eigenvalue weighted by Crippen LogP contribution is -2.49. The normalized spacial score (nSPS) is 33.2. The third kappa shape index (κ3) is 3.13. The first-order chi connectivity index (χ1) is 14.9. The van der Waals surface area contributed by atoms with Gasteiger partial charge in [0.05, 0.1) is 30.3 Å². The molecule has 3 aliphatic rings. The van der Waals surface area contributed by atoms with Crippen molar-refractivity contribution in [2.45, 2.75) is 51.4 Å². The second-order valence-electron chi connectivity index (χ2n) is 9.04. The van der Waals surface area contributed by atoms with Crippen LogP contribution in [-0.2, 0) is 4.79 Å². The van der Waals surface area contributed by atoms with E-state index in [0.29, 0.717) is 25.0 Å². The number of nitrogens with zero attached hydrogens (tertiary/aromatic N) is 1. The molecule has 1 aliphatic heterocycles. The Labute approximate surface area is 180 Å². The van der Waals surface area contributed by atoms with Gasteiger partial charge in [0.25, 0.3) is 0 Å². The molecule has 0 spiro atoms. The van der Waals surface area contributed by atoms with Crippen LogP contribution in [-0.4, -0.2) is 44.6 Å². The van der Waals surface area contributed by atoms with E-state index in [4.69, 9.17) is 5.73 Å². The van der Waals surface area contributed by atoms with E-state index in [-0.39, 0.29) is 29.7 Å². The first-order valence-corrected chi connectivity index (χ1v) is 10.9. The molecule has 2 bridgehead atoms. The zero-order chi connectivity index (χ0) is 21.9. The van der Waals surface area contributed by atoms with Gasteiger partial charge in [-0.1, -0.05) is 6.92 Å². The van der Waals surface area contributed by atoms with Crippen LogP contribution in [0.2, 0.25) is 0 Å². The molecule has 2 heterocycles. The number of nitrogens with one attached hydrogen (secondary N) is 3. The summed E-state index contributed by atoms with van der Waals surface area (Å²) in [6.45, 7) is 3.88. The fourth-order valence-corrected chi connectivity index (χ4v) is 5.98. The second-order valence-corrected chi connectivity index (χ2v) is 9.04. The molecule has 2 saturated carbocycles. The summed E-state index contributed by atoms with van der Waals surface area (Å²) < 4.78 is 0. The summed E-state index contributed by atoms with van der Waals surface area (Å²) in [4.78, 5) is 12.2. The van der Waals surface area contributed by atoms with Crippen LogP contribution >= 0.6 is 0 Å². The Morgan fingerprint density at radius 3 is 2.81 bits per heavy atom. The van der Waals surface area contributed by atoms with E-state index >= 15 is 0 Å². The molecular formula is C23H29N5O3. The van der Waals surface area contributed by atoms with Crippen LogP contribution in [0.25, 0.3) is 10.9 Å². The quantitative estimate of drug-likeness (QED) is 0.434. The zero-order valence-corrected chi connectivity index (χ0v) is 17.7. The molecule has 1 aromatic carbocycles. The number of hydrogen-bond acceptors (Lipinski definition) is 6. The lowest BCUT2D eigenvalue weighted by molar-refractivity contribution is -0.118. The molecule has 8 heteroatoms. The van der Waals surface area contributed by atoms with Gasteiger partial charge in [-0.2, -0.15) is 5.10 Å². The Hall–Kier alpha value is -2.84. The highest BCUT2D eigenvalue weighted by atomic mass is 16.3. The summed E-state index contributed by atoms with van der Waals surface area (Å²) in [5.74, 6) is -0.345. The Balaban J connectivity index is 1.55. The largest absolute Gasteiger partial charge is 0.402 e. The third-order valence-corrected chi connectivity index (χ3v) is 7.28. The minimum Gasteiger partial charge on any atom is -0.402 e. The maximum Gasteiger partial charge on any atom is 0.228 e. The van der Waals surface area contributed by atoms with Crippen molar-refractivity contribution >= 4 is 22.5 Å². The molecule has 5 rings (SSSR count). The number of aromatic nitrogens is 2. The minimum atomic E-state index is -0.797. The molecule has 0 saturated heterocycles. The third-order valence-electron chi connectivity index (χ3n) is 7.28. The van der Waals surface area contributed by atoms with E-state index in [1.807, 2.05) is 32.0 Å². The molecule has 1 aromatic heterocycles. The summed E-state index contributed by atoms with van der Waals surface area (Å²) >= 11 is 0. The minimum absolute atomic E-state index is 0.0238. The lowest BCUT2D eigenvalue weighted by atomic mass is 9.73. The number of anilines is 1. The number of benzene rings is 1. The van der Waals surface area contributed by atoms with Gasteiger partial charge < -0.3 is 26.6 Å². The van der Waals surface area contributed by atoms with E-state index in [2.05, 4.69) is 20.8 Å². The van der Waals surface area contributed by atoms with Crippen molar-refractivity contribution in [3.63, 3.8) is 0 Å². The molecule has 164 valence electrons. The van der Waals surface area contributed by atoms with Crippen LogP contribution in [0.15, 0.2) is 46.9 Å². The summed E-state index contributed by atoms with van der Waals surface area (Å²) in [6, 6.07) is 5.88. The molecule has 2 aromatic rings. The number of nitrogens with two attached hydrogens (primary N) is 1. The maximum absolute atomic E-state index is 12.2. The number of allylic oxidation sites excluding steroid dienone is 2. The van der Waals surface area contributed by atoms with E-state index in [9.17, 15) is 15.0 Å². The molecule has 1 amide bonds. The molecule has 2 fully saturated rings. The van der Waals surface area contributed by atoms with Crippen molar-refractivity contribution in [3.8, 4) is 0 Å². The Morgan fingerprint density at radius 2 is 2.06 bits per heavy atom. The standard InChI is InChI=1S/C23H29N5O3/c1-3-16-13(8-18(29)27-16)19(10(2)24)20-14-7-15(23(31)22(14)30)21(20)26-12-4-5-17-11(6-12)9-25-28-17/h4-6,9,14-15,20-23,26,30-31H,3,7-8,24H2,1-2H3,(H,25,28)(H,27,29)/b19-10-/t14-,15+,20-,21-,22?,23+/m1/s1. The average molecular weight is 424 g/mol. The number of carbonyl (C=O) groups is 1. The first kappa shape index (κ1) is 20.1. The number of hydrogen-bond donors (Lipinski definition) is 6. The number of rotatable bonds is 5. The second kappa shape index (κ2) is 7.39. The summed E-state index contributed by atoms with van der Waals surface area (Å²) in [5, 5.41) is 36.1. The van der Waals surface area contributed by atoms with Gasteiger partial charge in [-0.3, -0.25) is 9.89 Å². The van der Waals surface area contributed by atoms with E-state index < -0.39 is 12.2 Å². The van der Waals surface area contributed by atoms with E-state index in [0.717, 1.165) is 33.4 Å². The molecule has 31 heavy (non-hydrogen) atoms. The van der Waals surface area contributed by atoms with Crippen molar-refractivity contribution < 1.29 is 15.0 Å². The maximum atomic E-state index is 12.2. The Kier molecular flexibility index (Phi) is 4.79. The van der Waals surface area contributed by atoms with Gasteiger partial charge in [-0.15, -0.1) is 0 Å². The average Bonchev–Trinajstić information content (AvgIpc) is 3.48. The molecular weight excluding hydrogens is 394 g/mol. The smallest absolute Gasteiger partial charge is 0.228 e. The number of carbonyl (C=O) groups excluding carboxylic acids is 1. The van der Waals surface area contributed by atoms with Crippen LogP contribution < -0.4 is 16.4 Å². The first-order valence-electron chi connectivity index (χ1n) is 10.9. The highest BCUT2D eigenvalue weighted by molar-refractivity contribution is 5.86. The Morgan fingerprint density at radius 1 is 1.29 bits per heavy atom. The van der Waals surface area contributed by atoms with Gasteiger partial charge in [-0.25, -0.2) is 0 Å². The predicted octanol–water partition coefficient (Wildman–Crippen LogP) is 1.75. The number of H-pyrrole nitrogens is 1. The fraction of sp³-hybridized carbons (Fsp3) is 0.478. The van der Waals surface area contributed by atoms with Gasteiger partial charge in [0, 0.05) is 40.3 Å². The van der Waals surface area contributed by atoms with Crippen molar-refractivity contribution in [3.05, 3.63) is 46.9 Å². The van der Waals surface area contributed by atoms with Crippen molar-refractivity contribution in [2.24, 2.45) is 23.5 Å². The fourth-order valence-electron chi connectivity index (χ4n) is 5.98. The summed E-state index contributed by atoms with van der Waals surface area (Å²) in [7, 11) is 0. The number of fused-ring (bicyclic) bond motifs is 3. The van der Waals surface area contributed by atoms with Crippen LogP contribution in [0.4, 0.5) is 5.69 Å². The van der Waals surface area contributed by atoms with E-state index in [1.54, 1.807) is 6.20 Å². The molecule has 8 nitrogen and oxygen atoms in total. The van der Waals surface area contributed by atoms with Crippen molar-refractivity contribution in [1.29, 1.82) is 0 Å². The highest BCUT2D eigenvalue weighted by Crippen LogP contribution is 2.54. The number of amides is 1. The highest BCUT2D eigenvalue weighted by Gasteiger charge is 2.59. The zero-order valence-electron chi connectivity index (χ0n) is 17.7. The number of aliphatic hydroxyl groups excluding tert-OH is 2. The lowest BCUT2D eigenvalue weighted by Gasteiger charge is -2.40. The molecule has 0 radical (unpaired) electrons. The van der Waals surface area contributed by atoms with Crippen LogP contribution in [0.1, 0.15) is 33.1 Å². The molecule has 1 unspecified atom stereocenters. The van der Waals surface area contributed by atoms with Gasteiger partial charge >= 0.3 is 0 Å². The van der Waals surface area contributed by atoms with Gasteiger partial charge in [0.15, 0.2) is 0 Å². The monoisotopic (exact) mass is 423 g/mol. The molecule has 2 aliphatic carbocycles. The van der Waals surface area contributed by atoms with Crippen molar-refractivity contribution in [2.75, 3.05) is 5.32 Å². The SMILES string of the molecule is CCC1=C(/C(=C(\C)N)[C@@H]2[C@H](Nc3ccc4[nH]ncc4c3)[C@@H]3C[C@H]2C(O)[C@H]3O)CC(=O)N1. The summed E-state index contributed by atoms with van der Waals surface area (Å²) in [5.41, 5.74) is 11.7. The number of aromatic amines is 1. The van der Waals surface area contributed by atoms with Crippen LogP contribution in [0.5, 0.6) is 0 Å². The van der Waals surface area contributed by atoms with Gasteiger partial charge in [0.2, 0.25) is 5.91 Å². The predicted molar refractivity (Wildman–Crippen MR) is 118 cm³/mol. The van der Waals surface area contributed by atoms with Gasteiger partial charge in [0.1, 0.15) is 0 Å². The molecule has 6 atom stereocenters. The molecule has 7 N–H and O–H groups in total. The van der Waals surface area contributed by atoms with Crippen LogP contribution in [0, 0.1) is 17.8 Å². The number of aliphatic hydroxyl groups is 2. The topological polar surface area (TPSA) is 136 Å². The van der Waals surface area contributed by atoms with E-state index in [1.165, 1.54) is 0 Å². The summed E-state index contributed by atoms with van der Waals surface area (Å²) in [6.07, 6.45) is 1.92. The van der Waals surface area contributed by atoms with Crippen molar-refractivity contribution in [1.82, 2.24) is 15.5 Å². The Bertz CT molecular complexity index is 1100. The van der Waals surface area contributed by atoms with Crippen LogP contribution in [0.3, 0.4) is 0 Å².